The van der Waals surface area contributed by atoms with Crippen molar-refractivity contribution in [3.05, 3.63) is 119 Å². The first-order valence-corrected chi connectivity index (χ1v) is 18.7. The number of benzene rings is 6. The first kappa shape index (κ1) is 37.2. The molecule has 17 heteroatoms. The Bertz CT molecular complexity index is 2600. The second kappa shape index (κ2) is 14.1. The molecule has 0 fully saturated rings. The van der Waals surface area contributed by atoms with Gasteiger partial charge in [0.05, 0.1) is 11.4 Å². The van der Waals surface area contributed by atoms with Crippen LogP contribution in [0.15, 0.2) is 107 Å². The summed E-state index contributed by atoms with van der Waals surface area (Å²) in [5.41, 5.74) is 2.51. The minimum Gasteiger partial charge on any atom is -0.506 e. The number of urea groups is 1. The molecule has 0 unspecified atom stereocenters. The first-order valence-electron chi connectivity index (χ1n) is 15.8. The monoisotopic (exact) mass is 770 g/mol. The maximum atomic E-state index is 13.1. The Hall–Kier alpha value is -6.53. The van der Waals surface area contributed by atoms with Crippen LogP contribution in [0.4, 0.5) is 27.5 Å². The van der Waals surface area contributed by atoms with Crippen LogP contribution < -0.4 is 21.3 Å². The van der Waals surface area contributed by atoms with Gasteiger partial charge in [-0.2, -0.15) is 16.8 Å². The second-order valence-electron chi connectivity index (χ2n) is 12.1. The average molecular weight is 771 g/mol. The summed E-state index contributed by atoms with van der Waals surface area (Å²) in [7, 11) is -9.48. The number of fused-ring (bicyclic) bond motifs is 2. The van der Waals surface area contributed by atoms with Gasteiger partial charge in [0, 0.05) is 33.3 Å². The fourth-order valence-electron chi connectivity index (χ4n) is 5.77. The summed E-state index contributed by atoms with van der Waals surface area (Å²) in [6.07, 6.45) is 0. The fraction of sp³-hybridized carbons (Fsp3) is 0.0541. The van der Waals surface area contributed by atoms with E-state index < -0.39 is 59.4 Å². The molecule has 8 N–H and O–H groups in total. The highest BCUT2D eigenvalue weighted by atomic mass is 32.2. The number of aromatic hydroxyl groups is 2. The van der Waals surface area contributed by atoms with Crippen molar-refractivity contribution in [2.24, 2.45) is 0 Å². The SMILES string of the molecule is Cc1ccc(C(=O)NC(=O)NC(=O)c2ccc(C)c(Nc3cccc4ccc(S(=O)(=O)O)c(O)c34)c2)cc1Nc1cccc2ccc(S(=O)(=O)O)c(O)c12. The Labute approximate surface area is 307 Å². The lowest BCUT2D eigenvalue weighted by Gasteiger charge is -2.16. The van der Waals surface area contributed by atoms with Gasteiger partial charge < -0.3 is 20.8 Å². The van der Waals surface area contributed by atoms with Gasteiger partial charge >= 0.3 is 6.03 Å². The number of anilines is 4. The molecule has 0 spiro atoms. The summed E-state index contributed by atoms with van der Waals surface area (Å²) in [4.78, 5) is 37.6. The van der Waals surface area contributed by atoms with Gasteiger partial charge in [-0.1, -0.05) is 48.5 Å². The van der Waals surface area contributed by atoms with E-state index in [0.29, 0.717) is 33.3 Å². The summed E-state index contributed by atoms with van der Waals surface area (Å²) in [6, 6.07) is 22.3. The first-order chi connectivity index (χ1) is 25.4. The van der Waals surface area contributed by atoms with E-state index in [-0.39, 0.29) is 33.3 Å². The summed E-state index contributed by atoms with van der Waals surface area (Å²) in [5, 5.41) is 32.9. The van der Waals surface area contributed by atoms with Gasteiger partial charge in [0.1, 0.15) is 21.3 Å². The van der Waals surface area contributed by atoms with Crippen LogP contribution >= 0.6 is 0 Å². The van der Waals surface area contributed by atoms with Crippen LogP contribution in [0, 0.1) is 13.8 Å². The number of hydrogen-bond acceptors (Lipinski definition) is 11. The number of carbonyl (C=O) groups excluding carboxylic acids is 3. The molecule has 276 valence electrons. The Morgan fingerprint density at radius 1 is 0.519 bits per heavy atom. The largest absolute Gasteiger partial charge is 0.506 e. The van der Waals surface area contributed by atoms with Crippen LogP contribution in [0.5, 0.6) is 11.5 Å². The molecule has 0 saturated carbocycles. The number of rotatable bonds is 8. The molecule has 6 rings (SSSR count). The minimum absolute atomic E-state index is 0.00565. The molecule has 0 aromatic heterocycles. The topological polar surface area (TPSA) is 249 Å². The number of aryl methyl sites for hydroxylation is 2. The molecule has 6 aromatic rings. The van der Waals surface area contributed by atoms with Crippen molar-refractivity contribution in [3.63, 3.8) is 0 Å². The van der Waals surface area contributed by atoms with E-state index in [4.69, 9.17) is 0 Å². The maximum absolute atomic E-state index is 13.1. The number of nitrogens with one attached hydrogen (secondary N) is 4. The van der Waals surface area contributed by atoms with Crippen molar-refractivity contribution in [2.45, 2.75) is 23.6 Å². The Morgan fingerprint density at radius 3 is 1.28 bits per heavy atom. The molecular formula is C37H30N4O11S2. The van der Waals surface area contributed by atoms with Crippen LogP contribution in [0.3, 0.4) is 0 Å². The van der Waals surface area contributed by atoms with Crippen molar-refractivity contribution in [1.29, 1.82) is 0 Å². The van der Waals surface area contributed by atoms with Gasteiger partial charge in [-0.3, -0.25) is 29.3 Å². The highest BCUT2D eigenvalue weighted by molar-refractivity contribution is 7.86. The standard InChI is InChI=1S/C37H30N4O11S2/c1-19-9-11-23(17-27(19)38-25-7-3-5-21-13-15-29(53(47,48)49)33(42)31(21)25)35(44)40-37(46)41-36(45)24-12-10-20(2)28(18-24)39-26-8-4-6-22-14-16-30(54(50,51)52)34(43)32(22)26/h3-18,38-39,42-43H,1-2H3,(H,47,48,49)(H,50,51,52)(H2,40,41,44,45,46). The Kier molecular flexibility index (Phi) is 9.74. The van der Waals surface area contributed by atoms with Gasteiger partial charge in [0.25, 0.3) is 32.1 Å². The van der Waals surface area contributed by atoms with Crippen molar-refractivity contribution in [2.75, 3.05) is 10.6 Å². The molecule has 0 atom stereocenters. The lowest BCUT2D eigenvalue weighted by atomic mass is 10.1. The number of imide groups is 2. The van der Waals surface area contributed by atoms with Gasteiger partial charge in [-0.15, -0.1) is 0 Å². The zero-order valence-corrected chi connectivity index (χ0v) is 29.8. The van der Waals surface area contributed by atoms with Crippen molar-refractivity contribution in [3.8, 4) is 11.5 Å². The second-order valence-corrected chi connectivity index (χ2v) is 14.9. The van der Waals surface area contributed by atoms with Crippen LogP contribution in [0.2, 0.25) is 0 Å². The zero-order valence-electron chi connectivity index (χ0n) is 28.2. The smallest absolute Gasteiger partial charge is 0.328 e. The van der Waals surface area contributed by atoms with Gasteiger partial charge in [-0.05, 0) is 84.3 Å². The van der Waals surface area contributed by atoms with Crippen molar-refractivity contribution >= 4 is 82.4 Å². The number of hydrogen-bond donors (Lipinski definition) is 8. The zero-order chi connectivity index (χ0) is 39.1. The number of carbonyl (C=O) groups is 3. The number of phenols is 2. The molecule has 0 bridgehead atoms. The van der Waals surface area contributed by atoms with E-state index in [1.54, 1.807) is 62.4 Å². The van der Waals surface area contributed by atoms with Crippen LogP contribution in [0.25, 0.3) is 21.5 Å². The van der Waals surface area contributed by atoms with E-state index in [1.165, 1.54) is 36.4 Å². The minimum atomic E-state index is -4.74. The molecule has 54 heavy (non-hydrogen) atoms. The van der Waals surface area contributed by atoms with Crippen LogP contribution in [0.1, 0.15) is 31.8 Å². The molecular weight excluding hydrogens is 741 g/mol. The van der Waals surface area contributed by atoms with Crippen molar-refractivity contribution < 1.29 is 50.5 Å². The molecule has 15 nitrogen and oxygen atoms in total. The van der Waals surface area contributed by atoms with Crippen LogP contribution in [-0.4, -0.2) is 54.0 Å². The molecule has 0 aliphatic heterocycles. The molecule has 4 amide bonds. The highest BCUT2D eigenvalue weighted by Gasteiger charge is 2.22. The van der Waals surface area contributed by atoms with Gasteiger partial charge in [-0.25, -0.2) is 4.79 Å². The summed E-state index contributed by atoms with van der Waals surface area (Å²) < 4.78 is 66.3. The predicted octanol–water partition coefficient (Wildman–Crippen LogP) is 6.28. The number of amides is 4. The van der Waals surface area contributed by atoms with E-state index in [1.807, 2.05) is 0 Å². The summed E-state index contributed by atoms with van der Waals surface area (Å²) in [5.74, 6) is -3.10. The third-order valence-corrected chi connectivity index (χ3v) is 10.3. The Morgan fingerprint density at radius 2 is 0.907 bits per heavy atom. The number of phenolic OH excluding ortho intramolecular Hbond substituents is 2. The maximum Gasteiger partial charge on any atom is 0.328 e. The molecule has 0 radical (unpaired) electrons. The normalized spacial score (nSPS) is 11.6. The molecule has 0 heterocycles. The third kappa shape index (κ3) is 7.50. The van der Waals surface area contributed by atoms with E-state index in [2.05, 4.69) is 21.3 Å². The quantitative estimate of drug-likeness (QED) is 0.0795. The van der Waals surface area contributed by atoms with E-state index in [9.17, 15) is 50.5 Å². The Balaban J connectivity index is 1.18. The summed E-state index contributed by atoms with van der Waals surface area (Å²) in [6.45, 7) is 3.43. The van der Waals surface area contributed by atoms with E-state index in [0.717, 1.165) is 12.1 Å². The molecule has 0 saturated heterocycles. The highest BCUT2D eigenvalue weighted by Crippen LogP contribution is 2.40. The average Bonchev–Trinajstić information content (AvgIpc) is 3.09. The van der Waals surface area contributed by atoms with Crippen molar-refractivity contribution in [1.82, 2.24) is 10.6 Å². The van der Waals surface area contributed by atoms with Crippen LogP contribution in [-0.2, 0) is 20.2 Å². The lowest BCUT2D eigenvalue weighted by Crippen LogP contribution is -2.42. The van der Waals surface area contributed by atoms with E-state index >= 15 is 0 Å². The van der Waals surface area contributed by atoms with Gasteiger partial charge in [0.2, 0.25) is 0 Å². The summed E-state index contributed by atoms with van der Waals surface area (Å²) >= 11 is 0. The third-order valence-electron chi connectivity index (χ3n) is 8.51. The van der Waals surface area contributed by atoms with Gasteiger partial charge in [0.15, 0.2) is 0 Å². The lowest BCUT2D eigenvalue weighted by molar-refractivity contribution is 0.0944. The fourth-order valence-corrected chi connectivity index (χ4v) is 6.95. The predicted molar refractivity (Wildman–Crippen MR) is 200 cm³/mol. The molecule has 6 aromatic carbocycles. The molecule has 0 aliphatic carbocycles. The molecule has 0 aliphatic rings.